The number of pyridine rings is 2. The van der Waals surface area contributed by atoms with Crippen LogP contribution >= 0.6 is 0 Å². The SMILES string of the molecule is C/C(=N\O)c1cccc(/C(C)=N/NC(=O)c2ccccn2)n1. The third-order valence-corrected chi connectivity index (χ3v) is 2.86. The predicted molar refractivity (Wildman–Crippen MR) is 82.1 cm³/mol. The van der Waals surface area contributed by atoms with Crippen molar-refractivity contribution in [1.82, 2.24) is 15.4 Å². The molecule has 22 heavy (non-hydrogen) atoms. The van der Waals surface area contributed by atoms with Gasteiger partial charge in [-0.25, -0.2) is 10.4 Å². The first-order valence-corrected chi connectivity index (χ1v) is 6.54. The molecule has 2 aromatic rings. The Balaban J connectivity index is 2.14. The second-order valence-electron chi connectivity index (χ2n) is 4.45. The summed E-state index contributed by atoms with van der Waals surface area (Å²) >= 11 is 0. The first-order valence-electron chi connectivity index (χ1n) is 6.54. The lowest BCUT2D eigenvalue weighted by atomic mass is 10.2. The maximum atomic E-state index is 11.8. The van der Waals surface area contributed by atoms with Gasteiger partial charge in [-0.05, 0) is 38.1 Å². The van der Waals surface area contributed by atoms with Crippen LogP contribution in [-0.2, 0) is 0 Å². The Morgan fingerprint density at radius 2 is 1.73 bits per heavy atom. The fourth-order valence-electron chi connectivity index (χ4n) is 1.64. The van der Waals surface area contributed by atoms with E-state index in [1.807, 2.05) is 0 Å². The van der Waals surface area contributed by atoms with E-state index in [2.05, 4.69) is 25.7 Å². The molecule has 0 radical (unpaired) electrons. The van der Waals surface area contributed by atoms with Crippen LogP contribution in [0, 0.1) is 0 Å². The lowest BCUT2D eigenvalue weighted by molar-refractivity contribution is 0.0950. The van der Waals surface area contributed by atoms with E-state index < -0.39 is 5.91 Å². The lowest BCUT2D eigenvalue weighted by Crippen LogP contribution is -2.20. The Morgan fingerprint density at radius 1 is 1.05 bits per heavy atom. The topological polar surface area (TPSA) is 99.8 Å². The largest absolute Gasteiger partial charge is 0.411 e. The van der Waals surface area contributed by atoms with Crippen molar-refractivity contribution < 1.29 is 10.0 Å². The maximum Gasteiger partial charge on any atom is 0.289 e. The fraction of sp³-hybridized carbons (Fsp3) is 0.133. The number of carbonyl (C=O) groups is 1. The van der Waals surface area contributed by atoms with Gasteiger partial charge in [-0.1, -0.05) is 17.3 Å². The number of hydrazone groups is 1. The minimum Gasteiger partial charge on any atom is -0.411 e. The van der Waals surface area contributed by atoms with Gasteiger partial charge in [-0.3, -0.25) is 9.78 Å². The van der Waals surface area contributed by atoms with E-state index in [9.17, 15) is 4.79 Å². The molecule has 0 aromatic carbocycles. The molecule has 7 heteroatoms. The predicted octanol–water partition coefficient (Wildman–Crippen LogP) is 1.83. The van der Waals surface area contributed by atoms with Crippen molar-refractivity contribution in [3.05, 3.63) is 59.7 Å². The molecule has 2 aromatic heterocycles. The third kappa shape index (κ3) is 3.72. The van der Waals surface area contributed by atoms with Crippen LogP contribution in [0.3, 0.4) is 0 Å². The number of aromatic nitrogens is 2. The first-order chi connectivity index (χ1) is 10.6. The molecule has 0 unspecified atom stereocenters. The number of hydrogen-bond donors (Lipinski definition) is 2. The van der Waals surface area contributed by atoms with Gasteiger partial charge in [0.25, 0.3) is 5.91 Å². The average molecular weight is 297 g/mol. The van der Waals surface area contributed by atoms with Crippen LogP contribution < -0.4 is 5.43 Å². The van der Waals surface area contributed by atoms with Crippen LogP contribution in [-0.4, -0.2) is 32.5 Å². The molecule has 0 saturated heterocycles. The second kappa shape index (κ2) is 7.07. The number of oxime groups is 1. The molecule has 2 heterocycles. The Labute approximate surface area is 127 Å². The van der Waals surface area contributed by atoms with Gasteiger partial charge in [0.05, 0.1) is 17.1 Å². The molecule has 1 amide bonds. The van der Waals surface area contributed by atoms with E-state index in [-0.39, 0.29) is 5.69 Å². The highest BCUT2D eigenvalue weighted by molar-refractivity contribution is 6.01. The molecular weight excluding hydrogens is 282 g/mol. The Bertz CT molecular complexity index is 726. The number of nitrogens with one attached hydrogen (secondary N) is 1. The lowest BCUT2D eigenvalue weighted by Gasteiger charge is -2.04. The van der Waals surface area contributed by atoms with E-state index in [1.54, 1.807) is 50.2 Å². The van der Waals surface area contributed by atoms with Crippen LogP contribution in [0.4, 0.5) is 0 Å². The zero-order valence-corrected chi connectivity index (χ0v) is 12.2. The summed E-state index contributed by atoms with van der Waals surface area (Å²) in [7, 11) is 0. The standard InChI is InChI=1S/C15H15N5O2/c1-10(12-7-5-8-13(17-12)11(2)20-22)18-19-15(21)14-6-3-4-9-16-14/h3-9,22H,1-2H3,(H,19,21)/b18-10+,20-11+. The van der Waals surface area contributed by atoms with Gasteiger partial charge in [-0.15, -0.1) is 0 Å². The van der Waals surface area contributed by atoms with Crippen molar-refractivity contribution in [2.24, 2.45) is 10.3 Å². The summed E-state index contributed by atoms with van der Waals surface area (Å²) in [5, 5.41) is 15.9. The summed E-state index contributed by atoms with van der Waals surface area (Å²) in [4.78, 5) is 20.1. The molecule has 0 spiro atoms. The molecule has 0 bridgehead atoms. The molecule has 0 saturated carbocycles. The normalized spacial score (nSPS) is 12.1. The number of rotatable bonds is 4. The van der Waals surface area contributed by atoms with Gasteiger partial charge in [-0.2, -0.15) is 5.10 Å². The van der Waals surface area contributed by atoms with Crippen molar-refractivity contribution in [3.8, 4) is 0 Å². The number of hydrogen-bond acceptors (Lipinski definition) is 6. The van der Waals surface area contributed by atoms with Gasteiger partial charge in [0.1, 0.15) is 11.4 Å². The summed E-state index contributed by atoms with van der Waals surface area (Å²) in [5.74, 6) is -0.399. The summed E-state index contributed by atoms with van der Waals surface area (Å²) in [6.07, 6.45) is 1.54. The first kappa shape index (κ1) is 15.3. The van der Waals surface area contributed by atoms with Gasteiger partial charge < -0.3 is 5.21 Å². The zero-order chi connectivity index (χ0) is 15.9. The zero-order valence-electron chi connectivity index (χ0n) is 12.2. The van der Waals surface area contributed by atoms with Crippen molar-refractivity contribution in [3.63, 3.8) is 0 Å². The Hall–Kier alpha value is -3.09. The Morgan fingerprint density at radius 3 is 2.36 bits per heavy atom. The van der Waals surface area contributed by atoms with E-state index in [0.717, 1.165) is 0 Å². The summed E-state index contributed by atoms with van der Waals surface area (Å²) in [6, 6.07) is 10.3. The number of amides is 1. The van der Waals surface area contributed by atoms with Crippen molar-refractivity contribution in [2.45, 2.75) is 13.8 Å². The van der Waals surface area contributed by atoms with Crippen LogP contribution in [0.15, 0.2) is 52.9 Å². The van der Waals surface area contributed by atoms with Crippen LogP contribution in [0.2, 0.25) is 0 Å². The molecule has 0 aliphatic carbocycles. The molecule has 0 aliphatic rings. The minimum absolute atomic E-state index is 0.281. The van der Waals surface area contributed by atoms with Crippen LogP contribution in [0.5, 0.6) is 0 Å². The van der Waals surface area contributed by atoms with Crippen molar-refractivity contribution >= 4 is 17.3 Å². The van der Waals surface area contributed by atoms with Crippen molar-refractivity contribution in [1.29, 1.82) is 0 Å². The van der Waals surface area contributed by atoms with Gasteiger partial charge >= 0.3 is 0 Å². The summed E-state index contributed by atoms with van der Waals surface area (Å²) < 4.78 is 0. The van der Waals surface area contributed by atoms with Crippen molar-refractivity contribution in [2.75, 3.05) is 0 Å². The maximum absolute atomic E-state index is 11.8. The molecule has 0 atom stereocenters. The van der Waals surface area contributed by atoms with E-state index in [1.165, 1.54) is 6.20 Å². The summed E-state index contributed by atoms with van der Waals surface area (Å²) in [5.41, 5.74) is 4.73. The van der Waals surface area contributed by atoms with E-state index in [0.29, 0.717) is 22.8 Å². The van der Waals surface area contributed by atoms with Crippen LogP contribution in [0.1, 0.15) is 35.7 Å². The molecular formula is C15H15N5O2. The average Bonchev–Trinajstić information content (AvgIpc) is 2.59. The summed E-state index contributed by atoms with van der Waals surface area (Å²) in [6.45, 7) is 3.36. The molecule has 0 fully saturated rings. The fourth-order valence-corrected chi connectivity index (χ4v) is 1.64. The third-order valence-electron chi connectivity index (χ3n) is 2.86. The molecule has 2 N–H and O–H groups in total. The number of nitrogens with zero attached hydrogens (tertiary/aromatic N) is 4. The Kier molecular flexibility index (Phi) is 4.92. The highest BCUT2D eigenvalue weighted by atomic mass is 16.4. The molecule has 7 nitrogen and oxygen atoms in total. The van der Waals surface area contributed by atoms with E-state index >= 15 is 0 Å². The number of carbonyl (C=O) groups excluding carboxylic acids is 1. The van der Waals surface area contributed by atoms with Crippen LogP contribution in [0.25, 0.3) is 0 Å². The quantitative estimate of drug-likeness (QED) is 0.511. The van der Waals surface area contributed by atoms with E-state index in [4.69, 9.17) is 5.21 Å². The van der Waals surface area contributed by atoms with Gasteiger partial charge in [0.2, 0.25) is 0 Å². The second-order valence-corrected chi connectivity index (χ2v) is 4.45. The molecule has 0 aliphatic heterocycles. The highest BCUT2D eigenvalue weighted by Gasteiger charge is 2.07. The molecule has 112 valence electrons. The van der Waals surface area contributed by atoms with Gasteiger partial charge in [0, 0.05) is 6.20 Å². The monoisotopic (exact) mass is 297 g/mol. The van der Waals surface area contributed by atoms with Gasteiger partial charge in [0.15, 0.2) is 0 Å². The molecule has 2 rings (SSSR count). The highest BCUT2D eigenvalue weighted by Crippen LogP contribution is 2.03. The minimum atomic E-state index is -0.399. The smallest absolute Gasteiger partial charge is 0.289 e.